The van der Waals surface area contributed by atoms with Gasteiger partial charge in [0.15, 0.2) is 11.7 Å². The number of guanidine groups is 1. The Morgan fingerprint density at radius 1 is 1.37 bits per heavy atom. The summed E-state index contributed by atoms with van der Waals surface area (Å²) in [4.78, 5) is 7.12. The fourth-order valence-electron chi connectivity index (χ4n) is 2.99. The maximum Gasteiger partial charge on any atom is 0.191 e. The number of nitrogens with one attached hydrogen (secondary N) is 2. The third kappa shape index (κ3) is 9.25. The van der Waals surface area contributed by atoms with Gasteiger partial charge in [0, 0.05) is 38.3 Å². The third-order valence-electron chi connectivity index (χ3n) is 4.49. The molecule has 1 aliphatic rings. The van der Waals surface area contributed by atoms with Gasteiger partial charge in [-0.15, -0.1) is 24.0 Å². The lowest BCUT2D eigenvalue weighted by Crippen LogP contribution is -2.49. The summed E-state index contributed by atoms with van der Waals surface area (Å²) >= 11 is 0. The van der Waals surface area contributed by atoms with Gasteiger partial charge in [0.2, 0.25) is 0 Å². The molecule has 27 heavy (non-hydrogen) atoms. The van der Waals surface area contributed by atoms with Crippen LogP contribution in [0.4, 0.5) is 0 Å². The SMILES string of the molecule is CCNC(=NCc1cc(CC)no1)NC1CCN(CCOC(C)C)CC1.I. The van der Waals surface area contributed by atoms with Crippen molar-refractivity contribution in [3.63, 3.8) is 0 Å². The Kier molecular flexibility index (Phi) is 11.9. The molecule has 0 aliphatic carbocycles. The molecule has 0 saturated carbocycles. The molecule has 0 bridgehead atoms. The molecule has 2 N–H and O–H groups in total. The number of piperidine rings is 1. The van der Waals surface area contributed by atoms with Gasteiger partial charge in [-0.05, 0) is 40.0 Å². The second kappa shape index (κ2) is 13.3. The molecule has 1 aromatic heterocycles. The van der Waals surface area contributed by atoms with E-state index in [-0.39, 0.29) is 24.0 Å². The highest BCUT2D eigenvalue weighted by Crippen LogP contribution is 2.10. The lowest BCUT2D eigenvalue weighted by atomic mass is 10.1. The summed E-state index contributed by atoms with van der Waals surface area (Å²) in [6, 6.07) is 2.43. The summed E-state index contributed by atoms with van der Waals surface area (Å²) in [6.45, 7) is 13.7. The summed E-state index contributed by atoms with van der Waals surface area (Å²) in [5.41, 5.74) is 0.974. The average Bonchev–Trinajstić information content (AvgIpc) is 3.09. The van der Waals surface area contributed by atoms with Gasteiger partial charge in [-0.25, -0.2) is 4.99 Å². The Morgan fingerprint density at radius 3 is 2.70 bits per heavy atom. The Bertz CT molecular complexity index is 542. The van der Waals surface area contributed by atoms with Crippen LogP contribution in [-0.2, 0) is 17.7 Å². The van der Waals surface area contributed by atoms with E-state index in [4.69, 9.17) is 9.26 Å². The first kappa shape index (κ1) is 24.2. The Hall–Kier alpha value is -0.870. The smallest absolute Gasteiger partial charge is 0.191 e. The molecule has 7 nitrogen and oxygen atoms in total. The number of hydrogen-bond donors (Lipinski definition) is 2. The van der Waals surface area contributed by atoms with Crippen LogP contribution in [0.15, 0.2) is 15.6 Å². The quantitative estimate of drug-likeness (QED) is 0.313. The lowest BCUT2D eigenvalue weighted by molar-refractivity contribution is 0.0532. The van der Waals surface area contributed by atoms with Crippen molar-refractivity contribution in [2.45, 2.75) is 65.6 Å². The first-order valence-electron chi connectivity index (χ1n) is 9.94. The topological polar surface area (TPSA) is 74.9 Å². The van der Waals surface area contributed by atoms with Crippen molar-refractivity contribution in [2.24, 2.45) is 4.99 Å². The molecule has 1 aromatic rings. The maximum atomic E-state index is 5.65. The number of ether oxygens (including phenoxy) is 1. The van der Waals surface area contributed by atoms with Crippen LogP contribution in [0.3, 0.4) is 0 Å². The van der Waals surface area contributed by atoms with Crippen molar-refractivity contribution in [1.29, 1.82) is 0 Å². The summed E-state index contributed by atoms with van der Waals surface area (Å²) in [7, 11) is 0. The van der Waals surface area contributed by atoms with Crippen molar-refractivity contribution in [3.8, 4) is 0 Å². The lowest BCUT2D eigenvalue weighted by Gasteiger charge is -2.33. The van der Waals surface area contributed by atoms with E-state index in [9.17, 15) is 0 Å². The van der Waals surface area contributed by atoms with E-state index in [1.54, 1.807) is 0 Å². The molecule has 0 atom stereocenters. The number of aryl methyl sites for hydroxylation is 1. The standard InChI is InChI=1S/C19H35N5O2.HI/c1-5-16-13-18(26-23-16)14-21-19(20-6-2)22-17-7-9-24(10-8-17)11-12-25-15(3)4;/h13,15,17H,5-12,14H2,1-4H3,(H2,20,21,22);1H. The molecular formula is C19H36IN5O2. The molecule has 156 valence electrons. The second-order valence-corrected chi connectivity index (χ2v) is 7.01. The van der Waals surface area contributed by atoms with Crippen LogP contribution in [0.5, 0.6) is 0 Å². The van der Waals surface area contributed by atoms with Gasteiger partial charge in [-0.1, -0.05) is 12.1 Å². The van der Waals surface area contributed by atoms with Crippen molar-refractivity contribution < 1.29 is 9.26 Å². The highest BCUT2D eigenvalue weighted by molar-refractivity contribution is 14.0. The van der Waals surface area contributed by atoms with Crippen molar-refractivity contribution in [2.75, 3.05) is 32.8 Å². The van der Waals surface area contributed by atoms with Gasteiger partial charge in [0.25, 0.3) is 0 Å². The average molecular weight is 493 g/mol. The minimum Gasteiger partial charge on any atom is -0.377 e. The Balaban J connectivity index is 0.00000364. The van der Waals surface area contributed by atoms with Gasteiger partial charge in [-0.2, -0.15) is 0 Å². The van der Waals surface area contributed by atoms with Crippen molar-refractivity contribution in [3.05, 3.63) is 17.5 Å². The summed E-state index contributed by atoms with van der Waals surface area (Å²) in [6.07, 6.45) is 3.43. The zero-order valence-corrected chi connectivity index (χ0v) is 19.5. The zero-order valence-electron chi connectivity index (χ0n) is 17.2. The van der Waals surface area contributed by atoms with E-state index in [0.29, 0.717) is 18.7 Å². The molecular weight excluding hydrogens is 457 g/mol. The van der Waals surface area contributed by atoms with Crippen LogP contribution in [0.25, 0.3) is 0 Å². The first-order chi connectivity index (χ1) is 12.6. The molecule has 2 heterocycles. The Labute approximate surface area is 180 Å². The molecule has 1 saturated heterocycles. The fourth-order valence-corrected chi connectivity index (χ4v) is 2.99. The van der Waals surface area contributed by atoms with Crippen LogP contribution >= 0.6 is 24.0 Å². The van der Waals surface area contributed by atoms with Gasteiger partial charge in [0.05, 0.1) is 18.4 Å². The largest absolute Gasteiger partial charge is 0.377 e. The number of likely N-dealkylation sites (tertiary alicyclic amines) is 1. The van der Waals surface area contributed by atoms with Crippen LogP contribution in [0, 0.1) is 0 Å². The number of aliphatic imine (C=N–C) groups is 1. The number of aromatic nitrogens is 1. The van der Waals surface area contributed by atoms with Crippen LogP contribution in [-0.4, -0.2) is 60.9 Å². The number of nitrogens with zero attached hydrogens (tertiary/aromatic N) is 3. The second-order valence-electron chi connectivity index (χ2n) is 7.01. The zero-order chi connectivity index (χ0) is 18.8. The highest BCUT2D eigenvalue weighted by Gasteiger charge is 2.19. The Morgan fingerprint density at radius 2 is 2.11 bits per heavy atom. The monoisotopic (exact) mass is 493 g/mol. The molecule has 1 fully saturated rings. The van der Waals surface area contributed by atoms with Crippen molar-refractivity contribution >= 4 is 29.9 Å². The van der Waals surface area contributed by atoms with E-state index in [2.05, 4.69) is 53.4 Å². The first-order valence-corrected chi connectivity index (χ1v) is 9.94. The molecule has 0 aromatic carbocycles. The minimum absolute atomic E-state index is 0. The van der Waals surface area contributed by atoms with Crippen LogP contribution in [0.1, 0.15) is 52.0 Å². The number of hydrogen-bond acceptors (Lipinski definition) is 5. The summed E-state index contributed by atoms with van der Waals surface area (Å²) in [5, 5.41) is 10.9. The van der Waals surface area contributed by atoms with E-state index in [1.807, 2.05) is 6.07 Å². The molecule has 0 amide bonds. The maximum absolute atomic E-state index is 5.65. The van der Waals surface area contributed by atoms with Gasteiger partial charge >= 0.3 is 0 Å². The van der Waals surface area contributed by atoms with Gasteiger partial charge in [-0.3, -0.25) is 0 Å². The van der Waals surface area contributed by atoms with E-state index in [1.165, 1.54) is 0 Å². The highest BCUT2D eigenvalue weighted by atomic mass is 127. The van der Waals surface area contributed by atoms with E-state index < -0.39 is 0 Å². The minimum atomic E-state index is 0. The van der Waals surface area contributed by atoms with E-state index in [0.717, 1.165) is 69.5 Å². The molecule has 1 aliphatic heterocycles. The summed E-state index contributed by atoms with van der Waals surface area (Å²) < 4.78 is 11.0. The molecule has 0 spiro atoms. The van der Waals surface area contributed by atoms with Gasteiger partial charge < -0.3 is 24.8 Å². The third-order valence-corrected chi connectivity index (χ3v) is 4.49. The van der Waals surface area contributed by atoms with Crippen molar-refractivity contribution in [1.82, 2.24) is 20.7 Å². The molecule has 2 rings (SSSR count). The summed E-state index contributed by atoms with van der Waals surface area (Å²) in [5.74, 6) is 1.66. The van der Waals surface area contributed by atoms with Gasteiger partial charge in [0.1, 0.15) is 6.54 Å². The molecule has 0 radical (unpaired) electrons. The van der Waals surface area contributed by atoms with Crippen LogP contribution < -0.4 is 10.6 Å². The predicted molar refractivity (Wildman–Crippen MR) is 120 cm³/mol. The van der Waals surface area contributed by atoms with Crippen LogP contribution in [0.2, 0.25) is 0 Å². The number of rotatable bonds is 9. The number of halogens is 1. The predicted octanol–water partition coefficient (Wildman–Crippen LogP) is 2.80. The molecule has 8 heteroatoms. The normalized spacial score (nSPS) is 16.4. The molecule has 0 unspecified atom stereocenters. The fraction of sp³-hybridized carbons (Fsp3) is 0.789. The van der Waals surface area contributed by atoms with E-state index >= 15 is 0 Å².